The number of rotatable bonds is 6. The molecular formula is C28H28F2N4O2. The van der Waals surface area contributed by atoms with Gasteiger partial charge in [-0.25, -0.2) is 8.78 Å². The maximum Gasteiger partial charge on any atom is 0.144 e. The summed E-state index contributed by atoms with van der Waals surface area (Å²) >= 11 is 0. The van der Waals surface area contributed by atoms with Crippen LogP contribution in [0.1, 0.15) is 18.4 Å². The van der Waals surface area contributed by atoms with Crippen LogP contribution in [-0.2, 0) is 0 Å². The maximum absolute atomic E-state index is 14.2. The molecule has 2 aromatic carbocycles. The normalized spacial score (nSPS) is 14.5. The van der Waals surface area contributed by atoms with Gasteiger partial charge in [-0.1, -0.05) is 6.07 Å². The average molecular weight is 491 g/mol. The van der Waals surface area contributed by atoms with Crippen LogP contribution in [0, 0.1) is 18.6 Å². The number of aromatic hydroxyl groups is 1. The standard InChI is InChI=1S/C28H28F2N4O2/c1-17-4-7-32-26(28(17)36)18-2-3-25-23(14-18)27(34-9-5-22(6-10-34)31-8-11-35)24(16-33-25)19-12-20(29)15-21(30)13-19/h2-4,7,12-16,22,31,35-36H,5-6,8-11H2,1H3. The molecule has 0 aliphatic carbocycles. The Morgan fingerprint density at radius 1 is 1.00 bits per heavy atom. The second-order valence-corrected chi connectivity index (χ2v) is 9.17. The summed E-state index contributed by atoms with van der Waals surface area (Å²) in [5.74, 6) is -1.18. The molecule has 5 rings (SSSR count). The zero-order valence-electron chi connectivity index (χ0n) is 20.0. The van der Waals surface area contributed by atoms with Gasteiger partial charge >= 0.3 is 0 Å². The van der Waals surface area contributed by atoms with E-state index >= 15 is 0 Å². The van der Waals surface area contributed by atoms with Gasteiger partial charge in [-0.2, -0.15) is 0 Å². The number of nitrogens with zero attached hydrogens (tertiary/aromatic N) is 3. The fraction of sp³-hybridized carbons (Fsp3) is 0.286. The maximum atomic E-state index is 14.2. The molecule has 2 aromatic heterocycles. The van der Waals surface area contributed by atoms with Crippen molar-refractivity contribution in [2.24, 2.45) is 0 Å². The molecule has 0 saturated carbocycles. The molecule has 36 heavy (non-hydrogen) atoms. The molecule has 0 spiro atoms. The Balaban J connectivity index is 1.66. The second-order valence-electron chi connectivity index (χ2n) is 9.17. The van der Waals surface area contributed by atoms with Crippen molar-refractivity contribution in [1.29, 1.82) is 0 Å². The van der Waals surface area contributed by atoms with E-state index in [2.05, 4.69) is 20.2 Å². The minimum Gasteiger partial charge on any atom is -0.505 e. The van der Waals surface area contributed by atoms with Crippen molar-refractivity contribution in [2.45, 2.75) is 25.8 Å². The number of nitrogens with one attached hydrogen (secondary N) is 1. The smallest absolute Gasteiger partial charge is 0.144 e. The second kappa shape index (κ2) is 10.2. The van der Waals surface area contributed by atoms with Gasteiger partial charge in [-0.05, 0) is 61.2 Å². The number of halogens is 2. The average Bonchev–Trinajstić information content (AvgIpc) is 2.88. The highest BCUT2D eigenvalue weighted by Gasteiger charge is 2.24. The Labute approximate surface area is 208 Å². The van der Waals surface area contributed by atoms with Crippen LogP contribution in [0.25, 0.3) is 33.3 Å². The quantitative estimate of drug-likeness (QED) is 0.360. The van der Waals surface area contributed by atoms with E-state index in [4.69, 9.17) is 5.11 Å². The fourth-order valence-corrected chi connectivity index (χ4v) is 4.92. The summed E-state index contributed by atoms with van der Waals surface area (Å²) in [7, 11) is 0. The predicted molar refractivity (Wildman–Crippen MR) is 137 cm³/mol. The number of benzene rings is 2. The van der Waals surface area contributed by atoms with E-state index in [1.807, 2.05) is 25.1 Å². The number of aryl methyl sites for hydroxylation is 1. The lowest BCUT2D eigenvalue weighted by atomic mass is 9.96. The topological polar surface area (TPSA) is 81.5 Å². The lowest BCUT2D eigenvalue weighted by Gasteiger charge is -2.36. The molecular weight excluding hydrogens is 462 g/mol. The van der Waals surface area contributed by atoms with E-state index in [0.717, 1.165) is 59.7 Å². The first-order chi connectivity index (χ1) is 17.4. The lowest BCUT2D eigenvalue weighted by molar-refractivity contribution is 0.277. The summed E-state index contributed by atoms with van der Waals surface area (Å²) in [6, 6.07) is 11.2. The van der Waals surface area contributed by atoms with Gasteiger partial charge in [0.15, 0.2) is 0 Å². The molecule has 0 unspecified atom stereocenters. The molecule has 8 heteroatoms. The third-order valence-corrected chi connectivity index (χ3v) is 6.77. The Bertz CT molecular complexity index is 1380. The molecule has 4 aromatic rings. The van der Waals surface area contributed by atoms with E-state index in [0.29, 0.717) is 29.4 Å². The Kier molecular flexibility index (Phi) is 6.80. The van der Waals surface area contributed by atoms with Crippen molar-refractivity contribution < 1.29 is 19.0 Å². The molecule has 186 valence electrons. The Hall–Kier alpha value is -3.62. The monoisotopic (exact) mass is 490 g/mol. The van der Waals surface area contributed by atoms with Crippen molar-refractivity contribution >= 4 is 16.6 Å². The van der Waals surface area contributed by atoms with Crippen LogP contribution in [0.5, 0.6) is 5.75 Å². The van der Waals surface area contributed by atoms with Gasteiger partial charge in [0.25, 0.3) is 0 Å². The van der Waals surface area contributed by atoms with Crippen LogP contribution in [0.4, 0.5) is 14.5 Å². The van der Waals surface area contributed by atoms with Gasteiger partial charge in [0.2, 0.25) is 0 Å². The van der Waals surface area contributed by atoms with Crippen LogP contribution in [0.3, 0.4) is 0 Å². The number of aromatic nitrogens is 2. The van der Waals surface area contributed by atoms with Gasteiger partial charge in [0.1, 0.15) is 23.1 Å². The fourth-order valence-electron chi connectivity index (χ4n) is 4.92. The highest BCUT2D eigenvalue weighted by atomic mass is 19.1. The predicted octanol–water partition coefficient (Wildman–Crippen LogP) is 4.81. The Morgan fingerprint density at radius 3 is 2.47 bits per heavy atom. The summed E-state index contributed by atoms with van der Waals surface area (Å²) in [4.78, 5) is 11.2. The summed E-state index contributed by atoms with van der Waals surface area (Å²) in [5.41, 5.74) is 4.56. The van der Waals surface area contributed by atoms with Gasteiger partial charge in [-0.15, -0.1) is 0 Å². The third-order valence-electron chi connectivity index (χ3n) is 6.77. The molecule has 1 aliphatic rings. The highest BCUT2D eigenvalue weighted by molar-refractivity contribution is 6.01. The summed E-state index contributed by atoms with van der Waals surface area (Å²) in [6.45, 7) is 3.91. The Morgan fingerprint density at radius 2 is 1.75 bits per heavy atom. The van der Waals surface area contributed by atoms with E-state index in [-0.39, 0.29) is 12.4 Å². The number of hydrogen-bond acceptors (Lipinski definition) is 6. The van der Waals surface area contributed by atoms with Gasteiger partial charge < -0.3 is 20.4 Å². The van der Waals surface area contributed by atoms with Gasteiger partial charge in [0, 0.05) is 60.6 Å². The molecule has 0 atom stereocenters. The number of pyridine rings is 2. The molecule has 0 amide bonds. The molecule has 0 bridgehead atoms. The number of aliphatic hydroxyl groups excluding tert-OH is 1. The van der Waals surface area contributed by atoms with Crippen LogP contribution >= 0.6 is 0 Å². The van der Waals surface area contributed by atoms with E-state index in [9.17, 15) is 13.9 Å². The molecule has 3 heterocycles. The first kappa shape index (κ1) is 24.1. The molecule has 3 N–H and O–H groups in total. The SMILES string of the molecule is Cc1ccnc(-c2ccc3ncc(-c4cc(F)cc(F)c4)c(N4CCC(NCCO)CC4)c3c2)c1O. The zero-order valence-corrected chi connectivity index (χ0v) is 20.0. The van der Waals surface area contributed by atoms with Crippen molar-refractivity contribution in [3.63, 3.8) is 0 Å². The van der Waals surface area contributed by atoms with Crippen LogP contribution in [0.2, 0.25) is 0 Å². The highest BCUT2D eigenvalue weighted by Crippen LogP contribution is 2.40. The van der Waals surface area contributed by atoms with Crippen molar-refractivity contribution in [3.05, 3.63) is 72.1 Å². The van der Waals surface area contributed by atoms with Crippen molar-refractivity contribution in [2.75, 3.05) is 31.1 Å². The lowest BCUT2D eigenvalue weighted by Crippen LogP contribution is -2.43. The third kappa shape index (κ3) is 4.74. The van der Waals surface area contributed by atoms with Crippen molar-refractivity contribution in [1.82, 2.24) is 15.3 Å². The number of fused-ring (bicyclic) bond motifs is 1. The van der Waals surface area contributed by atoms with E-state index in [1.54, 1.807) is 18.5 Å². The number of aliphatic hydroxyl groups is 1. The molecule has 0 radical (unpaired) electrons. The van der Waals surface area contributed by atoms with E-state index < -0.39 is 11.6 Å². The van der Waals surface area contributed by atoms with Gasteiger partial charge in [0.05, 0.1) is 17.8 Å². The number of piperidine rings is 1. The molecule has 1 fully saturated rings. The molecule has 1 aliphatic heterocycles. The summed E-state index contributed by atoms with van der Waals surface area (Å²) in [6.07, 6.45) is 5.05. The minimum absolute atomic E-state index is 0.0904. The van der Waals surface area contributed by atoms with Crippen LogP contribution in [-0.4, -0.2) is 52.5 Å². The molecule has 1 saturated heterocycles. The number of anilines is 1. The van der Waals surface area contributed by atoms with Crippen LogP contribution in [0.15, 0.2) is 54.9 Å². The number of hydrogen-bond donors (Lipinski definition) is 3. The van der Waals surface area contributed by atoms with Crippen LogP contribution < -0.4 is 10.2 Å². The van der Waals surface area contributed by atoms with Crippen molar-refractivity contribution in [3.8, 4) is 28.1 Å². The van der Waals surface area contributed by atoms with E-state index in [1.165, 1.54) is 12.1 Å². The first-order valence-electron chi connectivity index (χ1n) is 12.1. The summed E-state index contributed by atoms with van der Waals surface area (Å²) in [5, 5.41) is 24.0. The summed E-state index contributed by atoms with van der Waals surface area (Å²) < 4.78 is 28.4. The minimum atomic E-state index is -0.648. The molecule has 6 nitrogen and oxygen atoms in total. The zero-order chi connectivity index (χ0) is 25.2. The van der Waals surface area contributed by atoms with Gasteiger partial charge in [-0.3, -0.25) is 9.97 Å². The largest absolute Gasteiger partial charge is 0.505 e. The first-order valence-corrected chi connectivity index (χ1v) is 12.1.